The molecule has 0 saturated carbocycles. The van der Waals surface area contributed by atoms with Crippen LogP contribution in [0.15, 0.2) is 36.7 Å². The first-order valence-electron chi connectivity index (χ1n) is 5.56. The van der Waals surface area contributed by atoms with Gasteiger partial charge in [-0.15, -0.1) is 0 Å². The van der Waals surface area contributed by atoms with Gasteiger partial charge in [0.1, 0.15) is 5.69 Å². The van der Waals surface area contributed by atoms with E-state index in [1.54, 1.807) is 10.9 Å². The Morgan fingerprint density at radius 2 is 2.28 bits per heavy atom. The molecular formula is C12H14N4O2. The van der Waals surface area contributed by atoms with E-state index in [-0.39, 0.29) is 0 Å². The van der Waals surface area contributed by atoms with Crippen molar-refractivity contribution in [3.05, 3.63) is 36.7 Å². The van der Waals surface area contributed by atoms with Crippen LogP contribution in [0.2, 0.25) is 0 Å². The van der Waals surface area contributed by atoms with E-state index in [1.165, 1.54) is 7.11 Å². The molecule has 6 nitrogen and oxygen atoms in total. The molecule has 0 radical (unpaired) electrons. The Labute approximate surface area is 105 Å². The number of nitrogens with zero attached hydrogens (tertiary/aromatic N) is 3. The standard InChI is InChI=1S/C12H14N4O2/c1-18-12(17)14-7-9-16-8-5-11(15-16)10-4-2-3-6-13-10/h2-6,8H,7,9H2,1H3,(H,14,17). The number of hydrogen-bond donors (Lipinski definition) is 1. The van der Waals surface area contributed by atoms with Crippen LogP contribution < -0.4 is 5.32 Å². The van der Waals surface area contributed by atoms with Gasteiger partial charge in [0.2, 0.25) is 0 Å². The second-order valence-electron chi connectivity index (χ2n) is 3.60. The Hall–Kier alpha value is -2.37. The zero-order valence-corrected chi connectivity index (χ0v) is 10.0. The molecule has 0 spiro atoms. The average Bonchev–Trinajstić information content (AvgIpc) is 2.88. The summed E-state index contributed by atoms with van der Waals surface area (Å²) in [6.45, 7) is 1.05. The third kappa shape index (κ3) is 3.07. The van der Waals surface area contributed by atoms with Crippen LogP contribution in [-0.4, -0.2) is 34.5 Å². The Morgan fingerprint density at radius 3 is 3.00 bits per heavy atom. The molecule has 0 saturated heterocycles. The minimum Gasteiger partial charge on any atom is -0.453 e. The monoisotopic (exact) mass is 246 g/mol. The van der Waals surface area contributed by atoms with E-state index < -0.39 is 6.09 Å². The first-order valence-corrected chi connectivity index (χ1v) is 5.56. The molecule has 0 aliphatic heterocycles. The van der Waals surface area contributed by atoms with Crippen LogP contribution in [0.5, 0.6) is 0 Å². The molecule has 2 aromatic rings. The fraction of sp³-hybridized carbons (Fsp3) is 0.250. The molecule has 0 bridgehead atoms. The molecule has 18 heavy (non-hydrogen) atoms. The molecule has 0 aromatic carbocycles. The summed E-state index contributed by atoms with van der Waals surface area (Å²) < 4.78 is 6.22. The number of amides is 1. The molecule has 2 aromatic heterocycles. The Kier molecular flexibility index (Phi) is 3.90. The highest BCUT2D eigenvalue weighted by atomic mass is 16.5. The molecule has 1 N–H and O–H groups in total. The van der Waals surface area contributed by atoms with Crippen molar-refractivity contribution in [2.45, 2.75) is 6.54 Å². The number of carbonyl (C=O) groups is 1. The van der Waals surface area contributed by atoms with E-state index in [1.807, 2.05) is 30.5 Å². The number of alkyl carbamates (subject to hydrolysis) is 1. The highest BCUT2D eigenvalue weighted by Gasteiger charge is 2.03. The summed E-state index contributed by atoms with van der Waals surface area (Å²) in [4.78, 5) is 15.1. The summed E-state index contributed by atoms with van der Waals surface area (Å²) in [5.41, 5.74) is 1.64. The summed E-state index contributed by atoms with van der Waals surface area (Å²) in [7, 11) is 1.34. The molecule has 6 heteroatoms. The number of ether oxygens (including phenoxy) is 1. The maximum Gasteiger partial charge on any atom is 0.406 e. The van der Waals surface area contributed by atoms with Crippen LogP contribution in [0, 0.1) is 0 Å². The van der Waals surface area contributed by atoms with E-state index in [2.05, 4.69) is 20.1 Å². The minimum absolute atomic E-state index is 0.438. The van der Waals surface area contributed by atoms with E-state index >= 15 is 0 Å². The molecule has 0 aliphatic carbocycles. The van der Waals surface area contributed by atoms with Gasteiger partial charge in [0, 0.05) is 18.9 Å². The Balaban J connectivity index is 1.93. The largest absolute Gasteiger partial charge is 0.453 e. The van der Waals surface area contributed by atoms with Crippen molar-refractivity contribution in [1.82, 2.24) is 20.1 Å². The summed E-state index contributed by atoms with van der Waals surface area (Å²) in [5.74, 6) is 0. The van der Waals surface area contributed by atoms with Crippen molar-refractivity contribution >= 4 is 6.09 Å². The molecule has 0 unspecified atom stereocenters. The number of carbonyl (C=O) groups excluding carboxylic acids is 1. The predicted octanol–water partition coefficient (Wildman–Crippen LogP) is 1.30. The minimum atomic E-state index is -0.438. The van der Waals surface area contributed by atoms with E-state index in [0.29, 0.717) is 13.1 Å². The van der Waals surface area contributed by atoms with Crippen LogP contribution >= 0.6 is 0 Å². The number of hydrogen-bond acceptors (Lipinski definition) is 4. The normalized spacial score (nSPS) is 10.1. The lowest BCUT2D eigenvalue weighted by atomic mass is 10.3. The first kappa shape index (κ1) is 12.1. The number of aromatic nitrogens is 3. The van der Waals surface area contributed by atoms with Crippen LogP contribution in [0.1, 0.15) is 0 Å². The smallest absolute Gasteiger partial charge is 0.406 e. The van der Waals surface area contributed by atoms with Crippen LogP contribution in [0.25, 0.3) is 11.4 Å². The van der Waals surface area contributed by atoms with E-state index in [4.69, 9.17) is 0 Å². The van der Waals surface area contributed by atoms with Crippen molar-refractivity contribution < 1.29 is 9.53 Å². The maximum absolute atomic E-state index is 10.9. The lowest BCUT2D eigenvalue weighted by Gasteiger charge is -2.03. The van der Waals surface area contributed by atoms with Gasteiger partial charge in [-0.05, 0) is 18.2 Å². The Morgan fingerprint density at radius 1 is 1.39 bits per heavy atom. The lowest BCUT2D eigenvalue weighted by Crippen LogP contribution is -2.27. The quantitative estimate of drug-likeness (QED) is 0.882. The molecular weight excluding hydrogens is 232 g/mol. The van der Waals surface area contributed by atoms with E-state index in [9.17, 15) is 4.79 Å². The van der Waals surface area contributed by atoms with Gasteiger partial charge in [0.25, 0.3) is 0 Å². The van der Waals surface area contributed by atoms with Gasteiger partial charge < -0.3 is 10.1 Å². The van der Waals surface area contributed by atoms with Gasteiger partial charge in [0.05, 0.1) is 19.3 Å². The number of nitrogens with one attached hydrogen (secondary N) is 1. The lowest BCUT2D eigenvalue weighted by molar-refractivity contribution is 0.170. The molecule has 0 atom stereocenters. The molecule has 1 amide bonds. The van der Waals surface area contributed by atoms with Crippen molar-refractivity contribution in [2.75, 3.05) is 13.7 Å². The zero-order chi connectivity index (χ0) is 12.8. The van der Waals surface area contributed by atoms with Gasteiger partial charge in [-0.25, -0.2) is 4.79 Å². The van der Waals surface area contributed by atoms with Crippen LogP contribution in [0.4, 0.5) is 4.79 Å². The third-order valence-corrected chi connectivity index (χ3v) is 2.36. The van der Waals surface area contributed by atoms with Crippen LogP contribution in [0.3, 0.4) is 0 Å². The maximum atomic E-state index is 10.9. The molecule has 0 fully saturated rings. The van der Waals surface area contributed by atoms with Gasteiger partial charge in [-0.2, -0.15) is 5.10 Å². The van der Waals surface area contributed by atoms with Gasteiger partial charge in [-0.3, -0.25) is 9.67 Å². The summed E-state index contributed by atoms with van der Waals surface area (Å²) >= 11 is 0. The fourth-order valence-corrected chi connectivity index (χ4v) is 1.48. The van der Waals surface area contributed by atoms with Gasteiger partial charge in [0.15, 0.2) is 0 Å². The number of pyridine rings is 1. The Bertz CT molecular complexity index is 510. The number of methoxy groups -OCH3 is 1. The van der Waals surface area contributed by atoms with Crippen molar-refractivity contribution in [1.29, 1.82) is 0 Å². The highest BCUT2D eigenvalue weighted by Crippen LogP contribution is 2.12. The molecule has 2 heterocycles. The zero-order valence-electron chi connectivity index (χ0n) is 10.0. The highest BCUT2D eigenvalue weighted by molar-refractivity contribution is 5.66. The molecule has 94 valence electrons. The van der Waals surface area contributed by atoms with Gasteiger partial charge >= 0.3 is 6.09 Å². The fourth-order valence-electron chi connectivity index (χ4n) is 1.48. The van der Waals surface area contributed by atoms with E-state index in [0.717, 1.165) is 11.4 Å². The topological polar surface area (TPSA) is 69.0 Å². The third-order valence-electron chi connectivity index (χ3n) is 2.36. The van der Waals surface area contributed by atoms with Gasteiger partial charge in [-0.1, -0.05) is 6.07 Å². The predicted molar refractivity (Wildman–Crippen MR) is 65.9 cm³/mol. The van der Waals surface area contributed by atoms with Crippen molar-refractivity contribution in [3.8, 4) is 11.4 Å². The molecule has 2 rings (SSSR count). The molecule has 0 aliphatic rings. The number of rotatable bonds is 4. The SMILES string of the molecule is COC(=O)NCCn1ccc(-c2ccccn2)n1. The van der Waals surface area contributed by atoms with Crippen molar-refractivity contribution in [2.24, 2.45) is 0 Å². The van der Waals surface area contributed by atoms with Crippen molar-refractivity contribution in [3.63, 3.8) is 0 Å². The average molecular weight is 246 g/mol. The summed E-state index contributed by atoms with van der Waals surface area (Å²) in [5, 5.41) is 6.96. The first-order chi connectivity index (χ1) is 8.79. The second-order valence-corrected chi connectivity index (χ2v) is 3.60. The second kappa shape index (κ2) is 5.81. The summed E-state index contributed by atoms with van der Waals surface area (Å²) in [6, 6.07) is 7.57. The van der Waals surface area contributed by atoms with Crippen LogP contribution in [-0.2, 0) is 11.3 Å². The summed E-state index contributed by atoms with van der Waals surface area (Å²) in [6.07, 6.45) is 3.14.